The summed E-state index contributed by atoms with van der Waals surface area (Å²) in [6, 6.07) is 12.5. The summed E-state index contributed by atoms with van der Waals surface area (Å²) in [6.07, 6.45) is 1.40. The van der Waals surface area contributed by atoms with Gasteiger partial charge in [-0.1, -0.05) is 18.2 Å². The molecular weight excluding hydrogens is 398 g/mol. The molecule has 0 spiro atoms. The summed E-state index contributed by atoms with van der Waals surface area (Å²) in [5, 5.41) is 3.39. The maximum absolute atomic E-state index is 12.5. The Morgan fingerprint density at radius 2 is 2.08 bits per heavy atom. The van der Waals surface area contributed by atoms with Gasteiger partial charge in [-0.15, -0.1) is 0 Å². The normalized spacial score (nSPS) is 12.0. The lowest BCUT2D eigenvalue weighted by molar-refractivity contribution is -0.122. The number of ether oxygens (including phenoxy) is 1. The van der Waals surface area contributed by atoms with E-state index in [0.717, 1.165) is 15.8 Å². The van der Waals surface area contributed by atoms with E-state index in [9.17, 15) is 9.59 Å². The van der Waals surface area contributed by atoms with E-state index < -0.39 is 0 Å². The van der Waals surface area contributed by atoms with Crippen molar-refractivity contribution in [3.05, 3.63) is 69.2 Å². The lowest BCUT2D eigenvalue weighted by Crippen LogP contribution is -2.34. The highest BCUT2D eigenvalue weighted by atomic mass is 79.9. The van der Waals surface area contributed by atoms with E-state index >= 15 is 0 Å². The average Bonchev–Trinajstić information content (AvgIpc) is 2.64. The Hall–Kier alpha value is -2.67. The van der Waals surface area contributed by atoms with Gasteiger partial charge in [0.2, 0.25) is 5.91 Å². The van der Waals surface area contributed by atoms with Gasteiger partial charge in [0, 0.05) is 0 Å². The Morgan fingerprint density at radius 1 is 1.31 bits per heavy atom. The van der Waals surface area contributed by atoms with E-state index in [0.29, 0.717) is 10.9 Å². The molecule has 1 unspecified atom stereocenters. The molecule has 1 atom stereocenters. The summed E-state index contributed by atoms with van der Waals surface area (Å²) in [6.45, 7) is 1.80. The third-order valence-corrected chi connectivity index (χ3v) is 4.72. The predicted octanol–water partition coefficient (Wildman–Crippen LogP) is 3.05. The summed E-state index contributed by atoms with van der Waals surface area (Å²) in [4.78, 5) is 29.0. The lowest BCUT2D eigenvalue weighted by atomic mass is 10.1. The van der Waals surface area contributed by atoms with Crippen LogP contribution in [0.4, 0.5) is 0 Å². The van der Waals surface area contributed by atoms with Gasteiger partial charge in [0.05, 0.1) is 34.9 Å². The zero-order valence-electron chi connectivity index (χ0n) is 14.4. The molecule has 7 heteroatoms. The van der Waals surface area contributed by atoms with E-state index in [4.69, 9.17) is 4.74 Å². The number of fused-ring (bicyclic) bond motifs is 1. The van der Waals surface area contributed by atoms with Crippen LogP contribution in [0.5, 0.6) is 5.75 Å². The highest BCUT2D eigenvalue weighted by Gasteiger charge is 2.13. The number of amides is 1. The molecule has 0 aliphatic heterocycles. The number of carbonyl (C=O) groups excluding carboxylic acids is 1. The second-order valence-corrected chi connectivity index (χ2v) is 6.73. The summed E-state index contributed by atoms with van der Waals surface area (Å²) in [5.41, 5.74) is 1.31. The van der Waals surface area contributed by atoms with Gasteiger partial charge in [-0.2, -0.15) is 0 Å². The van der Waals surface area contributed by atoms with Crippen LogP contribution in [0.1, 0.15) is 18.5 Å². The van der Waals surface area contributed by atoms with Gasteiger partial charge in [-0.25, -0.2) is 4.98 Å². The minimum absolute atomic E-state index is 0.0850. The largest absolute Gasteiger partial charge is 0.496 e. The number of nitrogens with zero attached hydrogens (tertiary/aromatic N) is 2. The zero-order chi connectivity index (χ0) is 18.7. The third-order valence-electron chi connectivity index (χ3n) is 4.10. The molecule has 1 N–H and O–H groups in total. The first-order chi connectivity index (χ1) is 12.5. The molecule has 0 aliphatic carbocycles. The summed E-state index contributed by atoms with van der Waals surface area (Å²) < 4.78 is 7.34. The Labute approximate surface area is 158 Å². The Balaban J connectivity index is 1.73. The fourth-order valence-electron chi connectivity index (χ4n) is 2.70. The monoisotopic (exact) mass is 415 g/mol. The van der Waals surface area contributed by atoms with Crippen molar-refractivity contribution in [2.45, 2.75) is 19.5 Å². The number of para-hydroxylation sites is 1. The van der Waals surface area contributed by atoms with Crippen LogP contribution in [0.15, 0.2) is 58.1 Å². The number of methoxy groups -OCH3 is 1. The molecule has 1 heterocycles. The number of hydrogen-bond donors (Lipinski definition) is 1. The molecule has 1 aromatic heterocycles. The molecule has 3 rings (SSSR count). The minimum atomic E-state index is -0.261. The maximum atomic E-state index is 12.5. The van der Waals surface area contributed by atoms with E-state index in [1.165, 1.54) is 10.9 Å². The van der Waals surface area contributed by atoms with Crippen molar-refractivity contribution in [2.75, 3.05) is 7.11 Å². The standard InChI is InChI=1S/C19H18BrN3O3/c1-12(13-7-8-17(26-2)15(20)9-13)22-18(24)10-23-11-21-16-6-4-3-5-14(16)19(23)25/h3-9,11-12H,10H2,1-2H3,(H,22,24). The second-order valence-electron chi connectivity index (χ2n) is 5.88. The SMILES string of the molecule is COc1ccc(C(C)NC(=O)Cn2cnc3ccccc3c2=O)cc1Br. The fourth-order valence-corrected chi connectivity index (χ4v) is 3.25. The van der Waals surface area contributed by atoms with Crippen molar-refractivity contribution in [1.29, 1.82) is 0 Å². The molecule has 0 radical (unpaired) electrons. The van der Waals surface area contributed by atoms with Crippen LogP contribution in [0.2, 0.25) is 0 Å². The van der Waals surface area contributed by atoms with Crippen LogP contribution in [0.3, 0.4) is 0 Å². The summed E-state index contributed by atoms with van der Waals surface area (Å²) in [5.74, 6) is 0.463. The molecule has 0 aliphatic rings. The highest BCUT2D eigenvalue weighted by Crippen LogP contribution is 2.27. The molecule has 0 saturated carbocycles. The van der Waals surface area contributed by atoms with Crippen LogP contribution < -0.4 is 15.6 Å². The van der Waals surface area contributed by atoms with Crippen molar-refractivity contribution >= 4 is 32.7 Å². The smallest absolute Gasteiger partial charge is 0.261 e. The van der Waals surface area contributed by atoms with Crippen molar-refractivity contribution in [2.24, 2.45) is 0 Å². The number of carbonyl (C=O) groups is 1. The van der Waals surface area contributed by atoms with Gasteiger partial charge in [0.25, 0.3) is 5.56 Å². The molecule has 1 amide bonds. The van der Waals surface area contributed by atoms with Crippen LogP contribution in [-0.2, 0) is 11.3 Å². The van der Waals surface area contributed by atoms with Gasteiger partial charge in [0.1, 0.15) is 12.3 Å². The Morgan fingerprint density at radius 3 is 2.81 bits per heavy atom. The van der Waals surface area contributed by atoms with Crippen molar-refractivity contribution < 1.29 is 9.53 Å². The molecule has 26 heavy (non-hydrogen) atoms. The average molecular weight is 416 g/mol. The number of benzene rings is 2. The van der Waals surface area contributed by atoms with Crippen molar-refractivity contribution in [3.8, 4) is 5.75 Å². The molecule has 3 aromatic rings. The summed E-state index contributed by atoms with van der Waals surface area (Å²) in [7, 11) is 1.60. The highest BCUT2D eigenvalue weighted by molar-refractivity contribution is 9.10. The third kappa shape index (κ3) is 3.77. The van der Waals surface area contributed by atoms with E-state index in [1.54, 1.807) is 25.3 Å². The molecule has 6 nitrogen and oxygen atoms in total. The number of rotatable bonds is 5. The first-order valence-corrected chi connectivity index (χ1v) is 8.86. The molecule has 2 aromatic carbocycles. The first-order valence-electron chi connectivity index (χ1n) is 8.06. The van der Waals surface area contributed by atoms with E-state index in [1.807, 2.05) is 31.2 Å². The Bertz CT molecular complexity index is 1020. The topological polar surface area (TPSA) is 73.2 Å². The molecule has 0 bridgehead atoms. The van der Waals surface area contributed by atoms with Gasteiger partial charge >= 0.3 is 0 Å². The van der Waals surface area contributed by atoms with Crippen molar-refractivity contribution in [1.82, 2.24) is 14.9 Å². The van der Waals surface area contributed by atoms with Crippen molar-refractivity contribution in [3.63, 3.8) is 0 Å². The maximum Gasteiger partial charge on any atom is 0.261 e. The van der Waals surface area contributed by atoms with Crippen LogP contribution in [0, 0.1) is 0 Å². The van der Waals surface area contributed by atoms with Gasteiger partial charge in [-0.05, 0) is 52.7 Å². The van der Waals surface area contributed by atoms with E-state index in [2.05, 4.69) is 26.2 Å². The van der Waals surface area contributed by atoms with Crippen LogP contribution in [0.25, 0.3) is 10.9 Å². The summed E-state index contributed by atoms with van der Waals surface area (Å²) >= 11 is 3.44. The van der Waals surface area contributed by atoms with E-state index in [-0.39, 0.29) is 24.1 Å². The quantitative estimate of drug-likeness (QED) is 0.694. The fraction of sp³-hybridized carbons (Fsp3) is 0.211. The molecule has 134 valence electrons. The number of aromatic nitrogens is 2. The van der Waals surface area contributed by atoms with Crippen LogP contribution in [-0.4, -0.2) is 22.6 Å². The predicted molar refractivity (Wildman–Crippen MR) is 103 cm³/mol. The Kier molecular flexibility index (Phi) is 5.37. The van der Waals surface area contributed by atoms with Gasteiger partial charge in [-0.3, -0.25) is 14.2 Å². The van der Waals surface area contributed by atoms with Crippen LogP contribution >= 0.6 is 15.9 Å². The molecule has 0 saturated heterocycles. The van der Waals surface area contributed by atoms with Gasteiger partial charge in [0.15, 0.2) is 0 Å². The second kappa shape index (κ2) is 7.70. The number of halogens is 1. The first kappa shape index (κ1) is 18.1. The minimum Gasteiger partial charge on any atom is -0.496 e. The molecule has 0 fully saturated rings. The molecular formula is C19H18BrN3O3. The number of nitrogens with one attached hydrogen (secondary N) is 1. The van der Waals surface area contributed by atoms with Gasteiger partial charge < -0.3 is 10.1 Å². The zero-order valence-corrected chi connectivity index (χ0v) is 16.0. The lowest BCUT2D eigenvalue weighted by Gasteiger charge is -2.16. The number of hydrogen-bond acceptors (Lipinski definition) is 4.